The van der Waals surface area contributed by atoms with E-state index in [2.05, 4.69) is 18.9 Å². The summed E-state index contributed by atoms with van der Waals surface area (Å²) < 4.78 is 7.28. The molecule has 0 saturated carbocycles. The molecule has 0 radical (unpaired) electrons. The SMILES string of the molecule is COC(C)(C)CCC(N)c1cnn(-c2ccccc2)c1. The van der Waals surface area contributed by atoms with E-state index in [9.17, 15) is 0 Å². The largest absolute Gasteiger partial charge is 0.379 e. The Morgan fingerprint density at radius 2 is 2.00 bits per heavy atom. The first-order valence-corrected chi connectivity index (χ1v) is 6.92. The van der Waals surface area contributed by atoms with Crippen LogP contribution in [0.25, 0.3) is 5.69 Å². The first kappa shape index (κ1) is 14.8. The fourth-order valence-corrected chi connectivity index (χ4v) is 2.02. The van der Waals surface area contributed by atoms with E-state index >= 15 is 0 Å². The molecule has 0 bridgehead atoms. The standard InChI is InChI=1S/C16H23N3O/c1-16(2,20-3)10-9-15(17)13-11-18-19(12-13)14-7-5-4-6-8-14/h4-8,11-12,15H,9-10,17H2,1-3H3. The summed E-state index contributed by atoms with van der Waals surface area (Å²) in [5.74, 6) is 0. The van der Waals surface area contributed by atoms with Crippen molar-refractivity contribution >= 4 is 0 Å². The molecule has 1 aromatic carbocycles. The highest BCUT2D eigenvalue weighted by Crippen LogP contribution is 2.23. The van der Waals surface area contributed by atoms with Crippen LogP contribution in [0.2, 0.25) is 0 Å². The summed E-state index contributed by atoms with van der Waals surface area (Å²) >= 11 is 0. The Kier molecular flexibility index (Phi) is 4.57. The van der Waals surface area contributed by atoms with E-state index in [1.54, 1.807) is 7.11 Å². The van der Waals surface area contributed by atoms with Crippen LogP contribution in [0, 0.1) is 0 Å². The summed E-state index contributed by atoms with van der Waals surface area (Å²) in [5, 5.41) is 4.38. The number of methoxy groups -OCH3 is 1. The quantitative estimate of drug-likeness (QED) is 0.880. The lowest BCUT2D eigenvalue weighted by molar-refractivity contribution is 0.0125. The van der Waals surface area contributed by atoms with Crippen molar-refractivity contribution in [2.75, 3.05) is 7.11 Å². The van der Waals surface area contributed by atoms with E-state index in [-0.39, 0.29) is 11.6 Å². The summed E-state index contributed by atoms with van der Waals surface area (Å²) in [6.45, 7) is 4.15. The minimum Gasteiger partial charge on any atom is -0.379 e. The Labute approximate surface area is 120 Å². The Morgan fingerprint density at radius 3 is 2.65 bits per heavy atom. The van der Waals surface area contributed by atoms with Gasteiger partial charge in [0.1, 0.15) is 0 Å². The van der Waals surface area contributed by atoms with Gasteiger partial charge in [-0.05, 0) is 38.8 Å². The van der Waals surface area contributed by atoms with E-state index in [4.69, 9.17) is 10.5 Å². The van der Waals surface area contributed by atoms with E-state index in [0.29, 0.717) is 0 Å². The second-order valence-corrected chi connectivity index (χ2v) is 5.66. The highest BCUT2D eigenvalue weighted by atomic mass is 16.5. The van der Waals surface area contributed by atoms with Gasteiger partial charge in [-0.15, -0.1) is 0 Å². The molecule has 0 amide bonds. The van der Waals surface area contributed by atoms with Crippen molar-refractivity contribution in [3.05, 3.63) is 48.3 Å². The Hall–Kier alpha value is -1.65. The number of rotatable bonds is 6. The molecular formula is C16H23N3O. The molecule has 0 saturated heterocycles. The third kappa shape index (κ3) is 3.68. The molecule has 2 rings (SSSR count). The molecule has 4 nitrogen and oxygen atoms in total. The van der Waals surface area contributed by atoms with Gasteiger partial charge >= 0.3 is 0 Å². The Morgan fingerprint density at radius 1 is 1.30 bits per heavy atom. The number of aromatic nitrogens is 2. The number of para-hydroxylation sites is 1. The second-order valence-electron chi connectivity index (χ2n) is 5.66. The Bertz CT molecular complexity index is 534. The first-order chi connectivity index (χ1) is 9.52. The van der Waals surface area contributed by atoms with Gasteiger partial charge in [0.2, 0.25) is 0 Å². The Balaban J connectivity index is 2.02. The third-order valence-electron chi connectivity index (χ3n) is 3.66. The van der Waals surface area contributed by atoms with Crippen molar-refractivity contribution in [2.45, 2.75) is 38.3 Å². The van der Waals surface area contributed by atoms with Crippen LogP contribution in [0.1, 0.15) is 38.3 Å². The van der Waals surface area contributed by atoms with Gasteiger partial charge in [-0.2, -0.15) is 5.10 Å². The molecule has 1 atom stereocenters. The third-order valence-corrected chi connectivity index (χ3v) is 3.66. The number of nitrogens with two attached hydrogens (primary N) is 1. The van der Waals surface area contributed by atoms with Crippen molar-refractivity contribution < 1.29 is 4.74 Å². The second kappa shape index (κ2) is 6.20. The number of hydrogen-bond acceptors (Lipinski definition) is 3. The summed E-state index contributed by atoms with van der Waals surface area (Å²) in [6.07, 6.45) is 5.64. The molecule has 0 aliphatic carbocycles. The summed E-state index contributed by atoms with van der Waals surface area (Å²) in [4.78, 5) is 0. The zero-order chi connectivity index (χ0) is 14.6. The zero-order valence-electron chi connectivity index (χ0n) is 12.4. The maximum atomic E-state index is 6.24. The molecule has 0 spiro atoms. The maximum Gasteiger partial charge on any atom is 0.0645 e. The fraction of sp³-hybridized carbons (Fsp3) is 0.438. The van der Waals surface area contributed by atoms with E-state index in [1.165, 1.54) is 0 Å². The van der Waals surface area contributed by atoms with Gasteiger partial charge in [0.15, 0.2) is 0 Å². The van der Waals surface area contributed by atoms with Crippen LogP contribution >= 0.6 is 0 Å². The van der Waals surface area contributed by atoms with E-state index in [0.717, 1.165) is 24.1 Å². The van der Waals surface area contributed by atoms with Crippen LogP contribution in [0.15, 0.2) is 42.7 Å². The van der Waals surface area contributed by atoms with Crippen LogP contribution in [0.4, 0.5) is 0 Å². The van der Waals surface area contributed by atoms with Crippen molar-refractivity contribution in [2.24, 2.45) is 5.73 Å². The van der Waals surface area contributed by atoms with Gasteiger partial charge in [-0.3, -0.25) is 0 Å². The molecule has 1 aromatic heterocycles. The zero-order valence-corrected chi connectivity index (χ0v) is 12.4. The minimum atomic E-state index is -0.132. The molecule has 108 valence electrons. The molecule has 0 aliphatic heterocycles. The molecule has 0 fully saturated rings. The van der Waals surface area contributed by atoms with Crippen LogP contribution < -0.4 is 5.73 Å². The smallest absolute Gasteiger partial charge is 0.0645 e. The molecule has 1 heterocycles. The topological polar surface area (TPSA) is 53.1 Å². The molecule has 1 unspecified atom stereocenters. The van der Waals surface area contributed by atoms with Gasteiger partial charge in [-0.25, -0.2) is 4.68 Å². The number of ether oxygens (including phenoxy) is 1. The molecule has 0 aliphatic rings. The average molecular weight is 273 g/mol. The van der Waals surface area contributed by atoms with Crippen molar-refractivity contribution in [1.29, 1.82) is 0 Å². The molecule has 20 heavy (non-hydrogen) atoms. The first-order valence-electron chi connectivity index (χ1n) is 6.92. The summed E-state index contributed by atoms with van der Waals surface area (Å²) in [7, 11) is 1.74. The van der Waals surface area contributed by atoms with Crippen molar-refractivity contribution in [3.8, 4) is 5.69 Å². The minimum absolute atomic E-state index is 0.0121. The highest BCUT2D eigenvalue weighted by molar-refractivity contribution is 5.31. The van der Waals surface area contributed by atoms with Crippen LogP contribution in [-0.2, 0) is 4.74 Å². The number of hydrogen-bond donors (Lipinski definition) is 1. The number of benzene rings is 1. The van der Waals surface area contributed by atoms with E-state index in [1.807, 2.05) is 47.4 Å². The normalized spacial score (nSPS) is 13.4. The average Bonchev–Trinajstić information content (AvgIpc) is 2.96. The van der Waals surface area contributed by atoms with Crippen molar-refractivity contribution in [3.63, 3.8) is 0 Å². The van der Waals surface area contributed by atoms with Gasteiger partial charge in [0, 0.05) is 24.9 Å². The van der Waals surface area contributed by atoms with Crippen LogP contribution in [-0.4, -0.2) is 22.5 Å². The lowest BCUT2D eigenvalue weighted by atomic mass is 9.97. The molecule has 4 heteroatoms. The van der Waals surface area contributed by atoms with Gasteiger partial charge in [0.25, 0.3) is 0 Å². The van der Waals surface area contributed by atoms with Crippen LogP contribution in [0.5, 0.6) is 0 Å². The van der Waals surface area contributed by atoms with Crippen molar-refractivity contribution in [1.82, 2.24) is 9.78 Å². The predicted molar refractivity (Wildman–Crippen MR) is 80.8 cm³/mol. The molecule has 2 N–H and O–H groups in total. The lowest BCUT2D eigenvalue weighted by Gasteiger charge is -2.24. The van der Waals surface area contributed by atoms with E-state index < -0.39 is 0 Å². The molecule has 2 aromatic rings. The number of nitrogens with zero attached hydrogens (tertiary/aromatic N) is 2. The van der Waals surface area contributed by atoms with Crippen LogP contribution in [0.3, 0.4) is 0 Å². The summed E-state index contributed by atoms with van der Waals surface area (Å²) in [6, 6.07) is 10.0. The fourth-order valence-electron chi connectivity index (χ4n) is 2.02. The van der Waals surface area contributed by atoms with Gasteiger partial charge < -0.3 is 10.5 Å². The lowest BCUT2D eigenvalue weighted by Crippen LogP contribution is -2.24. The van der Waals surface area contributed by atoms with Gasteiger partial charge in [0.05, 0.1) is 17.5 Å². The monoisotopic (exact) mass is 273 g/mol. The maximum absolute atomic E-state index is 6.24. The predicted octanol–water partition coefficient (Wildman–Crippen LogP) is 3.08. The van der Waals surface area contributed by atoms with Gasteiger partial charge in [-0.1, -0.05) is 18.2 Å². The molecular weight excluding hydrogens is 250 g/mol. The summed E-state index contributed by atoms with van der Waals surface area (Å²) in [5.41, 5.74) is 8.21. The highest BCUT2D eigenvalue weighted by Gasteiger charge is 2.19.